The fourth-order valence-corrected chi connectivity index (χ4v) is 1.22. The van der Waals surface area contributed by atoms with Gasteiger partial charge in [-0.15, -0.1) is 0 Å². The zero-order valence-corrected chi connectivity index (χ0v) is 10.2. The molecule has 0 aromatic carbocycles. The maximum atomic E-state index is 11.4. The molecule has 2 amide bonds. The third kappa shape index (κ3) is 4.43. The summed E-state index contributed by atoms with van der Waals surface area (Å²) in [4.78, 5) is 34.0. The summed E-state index contributed by atoms with van der Waals surface area (Å²) < 4.78 is 9.20. The summed E-state index contributed by atoms with van der Waals surface area (Å²) in [5.74, 6) is -1.89. The average Bonchev–Trinajstić information content (AvgIpc) is 2.95. The summed E-state index contributed by atoms with van der Waals surface area (Å²) in [6.07, 6.45) is 1.33. The molecule has 1 aromatic heterocycles. The Morgan fingerprint density at radius 3 is 2.74 bits per heavy atom. The number of aliphatic hydroxyl groups is 1. The Balaban J connectivity index is 2.39. The highest BCUT2D eigenvalue weighted by Crippen LogP contribution is 1.98. The second kappa shape index (κ2) is 7.17. The van der Waals surface area contributed by atoms with E-state index in [1.165, 1.54) is 18.4 Å². The summed E-state index contributed by atoms with van der Waals surface area (Å²) in [6, 6.07) is 1.82. The van der Waals surface area contributed by atoms with Gasteiger partial charge in [0.05, 0.1) is 26.5 Å². The van der Waals surface area contributed by atoms with E-state index in [2.05, 4.69) is 15.4 Å². The number of hydrogen-bond donors (Lipinski definition) is 3. The molecule has 0 radical (unpaired) electrons. The van der Waals surface area contributed by atoms with E-state index in [0.717, 1.165) is 7.11 Å². The number of amides is 2. The number of carbonyl (C=O) groups is 3. The lowest BCUT2D eigenvalue weighted by Gasteiger charge is -2.13. The number of carbonyl (C=O) groups excluding carboxylic acids is 3. The van der Waals surface area contributed by atoms with Crippen LogP contribution in [0.3, 0.4) is 0 Å². The molecule has 8 nitrogen and oxygen atoms in total. The molecule has 8 heteroatoms. The van der Waals surface area contributed by atoms with Crippen molar-refractivity contribution >= 4 is 17.8 Å². The lowest BCUT2D eigenvalue weighted by Crippen LogP contribution is -2.47. The second-order valence-electron chi connectivity index (χ2n) is 3.49. The van der Waals surface area contributed by atoms with Crippen LogP contribution < -0.4 is 10.6 Å². The van der Waals surface area contributed by atoms with Gasteiger partial charge < -0.3 is 24.9 Å². The van der Waals surface area contributed by atoms with E-state index in [1.807, 2.05) is 0 Å². The van der Waals surface area contributed by atoms with Crippen LogP contribution in [-0.2, 0) is 14.3 Å². The van der Waals surface area contributed by atoms with E-state index < -0.39 is 30.4 Å². The van der Waals surface area contributed by atoms with E-state index >= 15 is 0 Å². The Labute approximate surface area is 108 Å². The number of ether oxygens (including phenoxy) is 1. The molecule has 0 fully saturated rings. The maximum absolute atomic E-state index is 11.4. The van der Waals surface area contributed by atoms with Crippen LogP contribution in [-0.4, -0.2) is 49.2 Å². The third-order valence-corrected chi connectivity index (χ3v) is 2.16. The van der Waals surface area contributed by atoms with Crippen molar-refractivity contribution < 1.29 is 28.6 Å². The number of hydrogen-bond acceptors (Lipinski definition) is 6. The molecular formula is C11H14N2O6. The van der Waals surface area contributed by atoms with Crippen molar-refractivity contribution in [2.24, 2.45) is 0 Å². The van der Waals surface area contributed by atoms with Gasteiger partial charge >= 0.3 is 5.97 Å². The minimum Gasteiger partial charge on any atom is -0.467 e. The molecule has 0 saturated heterocycles. The first-order valence-electron chi connectivity index (χ1n) is 5.38. The van der Waals surface area contributed by atoms with Crippen LogP contribution >= 0.6 is 0 Å². The van der Waals surface area contributed by atoms with Gasteiger partial charge in [0.1, 0.15) is 0 Å². The maximum Gasteiger partial charge on any atom is 0.330 e. The van der Waals surface area contributed by atoms with Crippen molar-refractivity contribution in [1.29, 1.82) is 0 Å². The molecule has 19 heavy (non-hydrogen) atoms. The zero-order valence-electron chi connectivity index (χ0n) is 10.2. The number of furan rings is 1. The first-order valence-corrected chi connectivity index (χ1v) is 5.38. The number of aliphatic hydroxyl groups excluding tert-OH is 1. The molecule has 0 bridgehead atoms. The molecule has 1 heterocycles. The topological polar surface area (TPSA) is 118 Å². The minimum atomic E-state index is -1.15. The second-order valence-corrected chi connectivity index (χ2v) is 3.49. The van der Waals surface area contributed by atoms with E-state index in [9.17, 15) is 14.4 Å². The van der Waals surface area contributed by atoms with Gasteiger partial charge in [0.15, 0.2) is 11.8 Å². The Bertz CT molecular complexity index is 442. The molecule has 0 aliphatic carbocycles. The van der Waals surface area contributed by atoms with Crippen LogP contribution in [0, 0.1) is 0 Å². The summed E-state index contributed by atoms with van der Waals surface area (Å²) in [5, 5.41) is 13.4. The van der Waals surface area contributed by atoms with Gasteiger partial charge in [0.25, 0.3) is 5.91 Å². The molecule has 0 spiro atoms. The highest BCUT2D eigenvalue weighted by molar-refractivity contribution is 5.94. The normalized spacial score (nSPS) is 11.5. The standard InChI is InChI=1S/C11H14N2O6/c1-18-11(17)7(6-14)13-9(15)5-12-10(16)8-3-2-4-19-8/h2-4,7,14H,5-6H2,1H3,(H,12,16)(H,13,15). The fourth-order valence-electron chi connectivity index (χ4n) is 1.22. The number of rotatable bonds is 6. The zero-order chi connectivity index (χ0) is 14.3. The molecule has 0 aliphatic rings. The highest BCUT2D eigenvalue weighted by atomic mass is 16.5. The van der Waals surface area contributed by atoms with Crippen molar-refractivity contribution in [1.82, 2.24) is 10.6 Å². The molecule has 1 aromatic rings. The van der Waals surface area contributed by atoms with Crippen molar-refractivity contribution in [2.45, 2.75) is 6.04 Å². The summed E-state index contributed by atoms with van der Waals surface area (Å²) in [6.45, 7) is -0.947. The molecule has 0 saturated carbocycles. The molecular weight excluding hydrogens is 256 g/mol. The van der Waals surface area contributed by atoms with Gasteiger partial charge in [-0.25, -0.2) is 4.79 Å². The molecule has 3 N–H and O–H groups in total. The summed E-state index contributed by atoms with van der Waals surface area (Å²) in [7, 11) is 1.13. The smallest absolute Gasteiger partial charge is 0.330 e. The van der Waals surface area contributed by atoms with Gasteiger partial charge in [-0.1, -0.05) is 0 Å². The SMILES string of the molecule is COC(=O)C(CO)NC(=O)CNC(=O)c1ccco1. The fraction of sp³-hybridized carbons (Fsp3) is 0.364. The number of methoxy groups -OCH3 is 1. The molecule has 0 aliphatic heterocycles. The predicted octanol–water partition coefficient (Wildman–Crippen LogP) is -1.34. The molecule has 1 unspecified atom stereocenters. The lowest BCUT2D eigenvalue weighted by atomic mass is 10.3. The largest absolute Gasteiger partial charge is 0.467 e. The van der Waals surface area contributed by atoms with Crippen LogP contribution in [0.1, 0.15) is 10.6 Å². The van der Waals surface area contributed by atoms with Gasteiger partial charge in [-0.2, -0.15) is 0 Å². The predicted molar refractivity (Wildman–Crippen MR) is 62.1 cm³/mol. The number of nitrogens with one attached hydrogen (secondary N) is 2. The van der Waals surface area contributed by atoms with Crippen molar-refractivity contribution in [3.05, 3.63) is 24.2 Å². The third-order valence-electron chi connectivity index (χ3n) is 2.16. The van der Waals surface area contributed by atoms with Gasteiger partial charge in [-0.05, 0) is 12.1 Å². The van der Waals surface area contributed by atoms with Crippen LogP contribution in [0.5, 0.6) is 0 Å². The molecule has 1 rings (SSSR count). The first kappa shape index (κ1) is 14.7. The van der Waals surface area contributed by atoms with Crippen LogP contribution in [0.15, 0.2) is 22.8 Å². The highest BCUT2D eigenvalue weighted by Gasteiger charge is 2.20. The van der Waals surface area contributed by atoms with E-state index in [0.29, 0.717) is 0 Å². The Morgan fingerprint density at radius 1 is 1.47 bits per heavy atom. The first-order chi connectivity index (χ1) is 9.08. The van der Waals surface area contributed by atoms with E-state index in [4.69, 9.17) is 9.52 Å². The lowest BCUT2D eigenvalue weighted by molar-refractivity contribution is -0.146. The van der Waals surface area contributed by atoms with Crippen molar-refractivity contribution in [3.8, 4) is 0 Å². The Kier molecular flexibility index (Phi) is 5.55. The summed E-state index contributed by atoms with van der Waals surface area (Å²) in [5.41, 5.74) is 0. The van der Waals surface area contributed by atoms with Crippen LogP contribution in [0.4, 0.5) is 0 Å². The molecule has 1 atom stereocenters. The van der Waals surface area contributed by atoms with Crippen molar-refractivity contribution in [3.63, 3.8) is 0 Å². The average molecular weight is 270 g/mol. The molecule has 104 valence electrons. The van der Waals surface area contributed by atoms with Gasteiger partial charge in [0, 0.05) is 0 Å². The van der Waals surface area contributed by atoms with Gasteiger partial charge in [0.2, 0.25) is 5.91 Å². The minimum absolute atomic E-state index is 0.0690. The summed E-state index contributed by atoms with van der Waals surface area (Å²) >= 11 is 0. The van der Waals surface area contributed by atoms with Crippen LogP contribution in [0.25, 0.3) is 0 Å². The van der Waals surface area contributed by atoms with E-state index in [1.54, 1.807) is 0 Å². The number of esters is 1. The monoisotopic (exact) mass is 270 g/mol. The quantitative estimate of drug-likeness (QED) is 0.551. The van der Waals surface area contributed by atoms with E-state index in [-0.39, 0.29) is 12.3 Å². The van der Waals surface area contributed by atoms with Gasteiger partial charge in [-0.3, -0.25) is 9.59 Å². The Hall–Kier alpha value is -2.35. The van der Waals surface area contributed by atoms with Crippen molar-refractivity contribution in [2.75, 3.05) is 20.3 Å². The van der Waals surface area contributed by atoms with Crippen LogP contribution in [0.2, 0.25) is 0 Å². The Morgan fingerprint density at radius 2 is 2.21 bits per heavy atom.